The summed E-state index contributed by atoms with van der Waals surface area (Å²) in [5, 5.41) is 0. The molecule has 0 aliphatic heterocycles. The van der Waals surface area contributed by atoms with Crippen molar-refractivity contribution in [1.29, 1.82) is 0 Å². The maximum atomic E-state index is 12.6. The average Bonchev–Trinajstić information content (AvgIpc) is 2.55. The molecule has 0 bridgehead atoms. The van der Waals surface area contributed by atoms with Crippen LogP contribution in [0.2, 0.25) is 0 Å². The second-order valence-electron chi connectivity index (χ2n) is 5.59. The second kappa shape index (κ2) is 7.42. The van der Waals surface area contributed by atoms with Crippen molar-refractivity contribution in [2.24, 2.45) is 5.92 Å². The van der Waals surface area contributed by atoms with E-state index < -0.39 is 21.9 Å². The van der Waals surface area contributed by atoms with Gasteiger partial charge in [-0.05, 0) is 17.7 Å². The predicted octanol–water partition coefficient (Wildman–Crippen LogP) is 3.40. The summed E-state index contributed by atoms with van der Waals surface area (Å²) < 4.78 is 30.6. The highest BCUT2D eigenvalue weighted by Gasteiger charge is 2.26. The van der Waals surface area contributed by atoms with Crippen LogP contribution in [0.15, 0.2) is 65.6 Å². The number of hydrogen-bond acceptors (Lipinski definition) is 4. The van der Waals surface area contributed by atoms with Gasteiger partial charge in [0.25, 0.3) is 0 Å². The van der Waals surface area contributed by atoms with E-state index in [2.05, 4.69) is 0 Å². The molecule has 0 fully saturated rings. The Bertz CT molecular complexity index is 737. The minimum absolute atomic E-state index is 0.224. The van der Waals surface area contributed by atoms with Crippen LogP contribution in [0.3, 0.4) is 0 Å². The number of carbonyl (C=O) groups is 1. The van der Waals surface area contributed by atoms with Crippen molar-refractivity contribution in [3.05, 3.63) is 66.2 Å². The van der Waals surface area contributed by atoms with Gasteiger partial charge in [-0.2, -0.15) is 0 Å². The van der Waals surface area contributed by atoms with Crippen molar-refractivity contribution in [2.75, 3.05) is 5.75 Å². The summed E-state index contributed by atoms with van der Waals surface area (Å²) >= 11 is 0. The Kier molecular flexibility index (Phi) is 5.55. The van der Waals surface area contributed by atoms with E-state index in [1.165, 1.54) is 0 Å². The van der Waals surface area contributed by atoms with Crippen LogP contribution in [0.25, 0.3) is 0 Å². The fourth-order valence-corrected chi connectivity index (χ4v) is 3.49. The van der Waals surface area contributed by atoms with Crippen molar-refractivity contribution >= 4 is 15.8 Å². The number of benzene rings is 2. The first-order valence-corrected chi connectivity index (χ1v) is 9.08. The summed E-state index contributed by atoms with van der Waals surface area (Å²) in [6, 6.07) is 17.1. The van der Waals surface area contributed by atoms with Gasteiger partial charge in [0.2, 0.25) is 0 Å². The lowest BCUT2D eigenvalue weighted by atomic mass is 10.1. The molecule has 0 aliphatic carbocycles. The van der Waals surface area contributed by atoms with Crippen molar-refractivity contribution in [1.82, 2.24) is 0 Å². The summed E-state index contributed by atoms with van der Waals surface area (Å²) in [6.07, 6.45) is -0.823. The van der Waals surface area contributed by atoms with Crippen LogP contribution in [-0.4, -0.2) is 20.1 Å². The molecule has 0 spiro atoms. The third-order valence-electron chi connectivity index (χ3n) is 3.37. The number of rotatable bonds is 6. The van der Waals surface area contributed by atoms with Gasteiger partial charge in [-0.3, -0.25) is 4.79 Å². The van der Waals surface area contributed by atoms with Crippen LogP contribution in [-0.2, 0) is 19.4 Å². The summed E-state index contributed by atoms with van der Waals surface area (Å²) in [5.41, 5.74) is 0.668. The van der Waals surface area contributed by atoms with E-state index in [0.717, 1.165) is 0 Å². The molecule has 0 saturated heterocycles. The molecule has 0 amide bonds. The molecule has 1 unspecified atom stereocenters. The molecular formula is C18H20O4S. The standard InChI is InChI=1S/C18H20O4S/c1-14(2)18(19)22-17(15-9-5-3-6-10-15)13-23(20,21)16-11-7-4-8-12-16/h3-12,14,17H,13H2,1-2H3. The number of carbonyl (C=O) groups excluding carboxylic acids is 1. The number of esters is 1. The van der Waals surface area contributed by atoms with E-state index >= 15 is 0 Å². The van der Waals surface area contributed by atoms with E-state index in [-0.39, 0.29) is 16.6 Å². The predicted molar refractivity (Wildman–Crippen MR) is 88.6 cm³/mol. The fourth-order valence-electron chi connectivity index (χ4n) is 2.07. The zero-order chi connectivity index (χ0) is 16.9. The lowest BCUT2D eigenvalue weighted by Crippen LogP contribution is -2.22. The molecule has 0 aliphatic rings. The first kappa shape index (κ1) is 17.2. The highest BCUT2D eigenvalue weighted by atomic mass is 32.2. The van der Waals surface area contributed by atoms with Gasteiger partial charge in [0.1, 0.15) is 6.10 Å². The molecule has 23 heavy (non-hydrogen) atoms. The molecule has 0 N–H and O–H groups in total. The Morgan fingerprint density at radius 2 is 1.48 bits per heavy atom. The Morgan fingerprint density at radius 1 is 0.957 bits per heavy atom. The van der Waals surface area contributed by atoms with Crippen molar-refractivity contribution in [3.8, 4) is 0 Å². The molecule has 5 heteroatoms. The monoisotopic (exact) mass is 332 g/mol. The molecule has 4 nitrogen and oxygen atoms in total. The van der Waals surface area contributed by atoms with Crippen LogP contribution >= 0.6 is 0 Å². The highest BCUT2D eigenvalue weighted by Crippen LogP contribution is 2.24. The molecule has 2 aromatic carbocycles. The van der Waals surface area contributed by atoms with Gasteiger partial charge < -0.3 is 4.74 Å². The summed E-state index contributed by atoms with van der Waals surface area (Å²) in [6.45, 7) is 3.44. The molecule has 2 aromatic rings. The first-order valence-electron chi connectivity index (χ1n) is 7.43. The zero-order valence-corrected chi connectivity index (χ0v) is 14.0. The molecule has 0 aromatic heterocycles. The van der Waals surface area contributed by atoms with Crippen LogP contribution in [0, 0.1) is 5.92 Å². The minimum Gasteiger partial charge on any atom is -0.456 e. The van der Waals surface area contributed by atoms with Crippen LogP contribution in [0.4, 0.5) is 0 Å². The van der Waals surface area contributed by atoms with Crippen LogP contribution < -0.4 is 0 Å². The molecule has 1 atom stereocenters. The van der Waals surface area contributed by atoms with Crippen molar-refractivity contribution in [2.45, 2.75) is 24.8 Å². The Balaban J connectivity index is 2.29. The maximum Gasteiger partial charge on any atom is 0.309 e. The lowest BCUT2D eigenvalue weighted by Gasteiger charge is -2.19. The van der Waals surface area contributed by atoms with Gasteiger partial charge in [-0.15, -0.1) is 0 Å². The number of sulfone groups is 1. The average molecular weight is 332 g/mol. The Morgan fingerprint density at radius 3 is 2.00 bits per heavy atom. The first-order chi connectivity index (χ1) is 10.9. The molecule has 0 heterocycles. The van der Waals surface area contributed by atoms with Crippen molar-refractivity contribution < 1.29 is 17.9 Å². The van der Waals surface area contributed by atoms with Gasteiger partial charge in [0.05, 0.1) is 16.6 Å². The fraction of sp³-hybridized carbons (Fsp3) is 0.278. The number of ether oxygens (including phenoxy) is 1. The maximum absolute atomic E-state index is 12.6. The van der Waals surface area contributed by atoms with Gasteiger partial charge in [-0.25, -0.2) is 8.42 Å². The molecule has 2 rings (SSSR count). The topological polar surface area (TPSA) is 60.4 Å². The summed E-state index contributed by atoms with van der Waals surface area (Å²) in [4.78, 5) is 12.2. The third kappa shape index (κ3) is 4.66. The van der Waals surface area contributed by atoms with E-state index in [4.69, 9.17) is 4.74 Å². The van der Waals surface area contributed by atoms with Crippen LogP contribution in [0.1, 0.15) is 25.5 Å². The van der Waals surface area contributed by atoms with Crippen LogP contribution in [0.5, 0.6) is 0 Å². The zero-order valence-electron chi connectivity index (χ0n) is 13.2. The molecule has 122 valence electrons. The molecule has 0 saturated carbocycles. The van der Waals surface area contributed by atoms with E-state index in [1.54, 1.807) is 68.4 Å². The Labute approximate surface area is 137 Å². The summed E-state index contributed by atoms with van der Waals surface area (Å²) in [7, 11) is -3.56. The normalized spacial score (nSPS) is 12.8. The number of hydrogen-bond donors (Lipinski definition) is 0. The van der Waals surface area contributed by atoms with Crippen molar-refractivity contribution in [3.63, 3.8) is 0 Å². The SMILES string of the molecule is CC(C)C(=O)OC(CS(=O)(=O)c1ccccc1)c1ccccc1. The largest absolute Gasteiger partial charge is 0.456 e. The minimum atomic E-state index is -3.56. The van der Waals surface area contributed by atoms with Gasteiger partial charge >= 0.3 is 5.97 Å². The van der Waals surface area contributed by atoms with Gasteiger partial charge in [0.15, 0.2) is 9.84 Å². The molecule has 0 radical (unpaired) electrons. The molecular weight excluding hydrogens is 312 g/mol. The van der Waals surface area contributed by atoms with Gasteiger partial charge in [0, 0.05) is 0 Å². The summed E-state index contributed by atoms with van der Waals surface area (Å²) in [5.74, 6) is -1.01. The quantitative estimate of drug-likeness (QED) is 0.761. The smallest absolute Gasteiger partial charge is 0.309 e. The highest BCUT2D eigenvalue weighted by molar-refractivity contribution is 7.91. The van der Waals surface area contributed by atoms with E-state index in [9.17, 15) is 13.2 Å². The van der Waals surface area contributed by atoms with Gasteiger partial charge in [-0.1, -0.05) is 62.4 Å². The van der Waals surface area contributed by atoms with E-state index in [0.29, 0.717) is 5.56 Å². The Hall–Kier alpha value is -2.14. The lowest BCUT2D eigenvalue weighted by molar-refractivity contribution is -0.152. The van der Waals surface area contributed by atoms with E-state index in [1.807, 2.05) is 6.07 Å². The second-order valence-corrected chi connectivity index (χ2v) is 7.62. The third-order valence-corrected chi connectivity index (χ3v) is 5.11.